The molecule has 0 radical (unpaired) electrons. The highest BCUT2D eigenvalue weighted by Gasteiger charge is 2.29. The monoisotopic (exact) mass is 496 g/mol. The van der Waals surface area contributed by atoms with E-state index in [0.717, 1.165) is 30.6 Å². The Bertz CT molecular complexity index is 845. The second-order valence-corrected chi connectivity index (χ2v) is 10.2. The lowest BCUT2D eigenvalue weighted by atomic mass is 10.1. The molecule has 10 heteroatoms. The molecule has 0 aliphatic carbocycles. The smallest absolute Gasteiger partial charge is 0.341 e. The predicted octanol–water partition coefficient (Wildman–Crippen LogP) is 4.36. The molecular formula is C24H40N4O5S. The number of urea groups is 1. The molecule has 9 nitrogen and oxygen atoms in total. The molecule has 0 aliphatic heterocycles. The van der Waals surface area contributed by atoms with Crippen LogP contribution in [0.25, 0.3) is 0 Å². The molecule has 34 heavy (non-hydrogen) atoms. The third-order valence-corrected chi connectivity index (χ3v) is 5.99. The number of esters is 1. The number of nitrogens with one attached hydrogen (secondary N) is 4. The van der Waals surface area contributed by atoms with Crippen molar-refractivity contribution in [2.75, 3.05) is 25.0 Å². The molecule has 0 atom stereocenters. The van der Waals surface area contributed by atoms with E-state index in [2.05, 4.69) is 28.2 Å². The van der Waals surface area contributed by atoms with Crippen molar-refractivity contribution < 1.29 is 23.9 Å². The van der Waals surface area contributed by atoms with Crippen molar-refractivity contribution in [1.82, 2.24) is 16.0 Å². The second kappa shape index (κ2) is 14.6. The average molecular weight is 497 g/mol. The van der Waals surface area contributed by atoms with E-state index in [1.165, 1.54) is 26.2 Å². The minimum atomic E-state index is -0.733. The van der Waals surface area contributed by atoms with Crippen molar-refractivity contribution in [1.29, 1.82) is 0 Å². The zero-order chi connectivity index (χ0) is 25.7. The molecule has 4 amide bonds. The number of rotatable bonds is 13. The number of unbranched alkanes of at least 4 members (excludes halogenated alkanes) is 5. The summed E-state index contributed by atoms with van der Waals surface area (Å²) in [7, 11) is 0. The van der Waals surface area contributed by atoms with E-state index in [1.54, 1.807) is 27.7 Å². The van der Waals surface area contributed by atoms with Gasteiger partial charge >= 0.3 is 12.0 Å². The topological polar surface area (TPSA) is 126 Å². The van der Waals surface area contributed by atoms with Gasteiger partial charge in [-0.25, -0.2) is 9.59 Å². The van der Waals surface area contributed by atoms with Crippen molar-refractivity contribution in [3.8, 4) is 0 Å². The Morgan fingerprint density at radius 2 is 1.50 bits per heavy atom. The van der Waals surface area contributed by atoms with Gasteiger partial charge in [0.15, 0.2) is 0 Å². The van der Waals surface area contributed by atoms with Crippen LogP contribution in [0.4, 0.5) is 9.80 Å². The van der Waals surface area contributed by atoms with Gasteiger partial charge in [-0.1, -0.05) is 39.0 Å². The Morgan fingerprint density at radius 3 is 2.12 bits per heavy atom. The summed E-state index contributed by atoms with van der Waals surface area (Å²) in [6, 6.07) is -0.433. The molecule has 0 saturated heterocycles. The number of carbonyl (C=O) groups excluding carboxylic acids is 4. The van der Waals surface area contributed by atoms with E-state index in [-0.39, 0.29) is 29.6 Å². The Labute approximate surface area is 206 Å². The molecule has 0 unspecified atom stereocenters. The van der Waals surface area contributed by atoms with Crippen LogP contribution in [-0.4, -0.2) is 49.1 Å². The van der Waals surface area contributed by atoms with Crippen LogP contribution in [0.5, 0.6) is 0 Å². The minimum absolute atomic E-state index is 0.168. The fraction of sp³-hybridized carbons (Fsp3) is 0.667. The van der Waals surface area contributed by atoms with Crippen molar-refractivity contribution in [3.05, 3.63) is 16.0 Å². The molecule has 1 heterocycles. The van der Waals surface area contributed by atoms with Crippen LogP contribution in [0.3, 0.4) is 0 Å². The maximum atomic E-state index is 12.9. The molecule has 0 fully saturated rings. The van der Waals surface area contributed by atoms with Crippen molar-refractivity contribution in [3.63, 3.8) is 0 Å². The van der Waals surface area contributed by atoms with Gasteiger partial charge < -0.3 is 20.7 Å². The third kappa shape index (κ3) is 11.0. The first-order valence-electron chi connectivity index (χ1n) is 11.9. The highest BCUT2D eigenvalue weighted by atomic mass is 32.1. The number of thiophene rings is 1. The lowest BCUT2D eigenvalue weighted by Gasteiger charge is -2.20. The molecule has 0 aromatic carbocycles. The van der Waals surface area contributed by atoms with Gasteiger partial charge in [0.05, 0.1) is 10.4 Å². The van der Waals surface area contributed by atoms with Crippen LogP contribution in [0.1, 0.15) is 98.7 Å². The van der Waals surface area contributed by atoms with Gasteiger partial charge in [-0.3, -0.25) is 14.9 Å². The summed E-state index contributed by atoms with van der Waals surface area (Å²) >= 11 is 1.02. The van der Waals surface area contributed by atoms with Gasteiger partial charge in [-0.05, 0) is 39.7 Å². The second-order valence-electron chi connectivity index (χ2n) is 9.15. The largest absolute Gasteiger partial charge is 0.456 e. The zero-order valence-electron chi connectivity index (χ0n) is 21.3. The number of amides is 4. The molecule has 1 aromatic rings. The van der Waals surface area contributed by atoms with Gasteiger partial charge in [-0.15, -0.1) is 11.3 Å². The molecule has 1 rings (SSSR count). The summed E-state index contributed by atoms with van der Waals surface area (Å²) in [5, 5.41) is 11.1. The van der Waals surface area contributed by atoms with Gasteiger partial charge in [0, 0.05) is 26.6 Å². The third-order valence-electron chi connectivity index (χ3n) is 4.78. The first-order chi connectivity index (χ1) is 16.0. The normalized spacial score (nSPS) is 11.0. The first-order valence-corrected chi connectivity index (χ1v) is 12.7. The van der Waals surface area contributed by atoms with E-state index in [9.17, 15) is 19.2 Å². The Kier molecular flexibility index (Phi) is 12.6. The van der Waals surface area contributed by atoms with E-state index in [4.69, 9.17) is 4.74 Å². The summed E-state index contributed by atoms with van der Waals surface area (Å²) in [6.07, 6.45) is 6.68. The maximum absolute atomic E-state index is 12.9. The van der Waals surface area contributed by atoms with Crippen LogP contribution in [0.2, 0.25) is 0 Å². The summed E-state index contributed by atoms with van der Waals surface area (Å²) in [5.41, 5.74) is -0.132. The fourth-order valence-electron chi connectivity index (χ4n) is 3.14. The van der Waals surface area contributed by atoms with Crippen molar-refractivity contribution >= 4 is 40.2 Å². The Balaban J connectivity index is 2.88. The average Bonchev–Trinajstić information content (AvgIpc) is 3.04. The molecule has 0 saturated carbocycles. The quantitative estimate of drug-likeness (QED) is 0.238. The summed E-state index contributed by atoms with van der Waals surface area (Å²) in [6.45, 7) is 11.5. The van der Waals surface area contributed by atoms with Gasteiger partial charge in [-0.2, -0.15) is 0 Å². The van der Waals surface area contributed by atoms with Crippen LogP contribution in [0.15, 0.2) is 0 Å². The van der Waals surface area contributed by atoms with Crippen LogP contribution >= 0.6 is 11.3 Å². The number of hydrogen-bond donors (Lipinski definition) is 4. The molecule has 0 aliphatic rings. The molecule has 192 valence electrons. The number of ether oxygens (including phenoxy) is 1. The minimum Gasteiger partial charge on any atom is -0.456 e. The van der Waals surface area contributed by atoms with E-state index >= 15 is 0 Å². The van der Waals surface area contributed by atoms with Crippen LogP contribution < -0.4 is 21.3 Å². The van der Waals surface area contributed by atoms with E-state index < -0.39 is 23.5 Å². The number of anilines is 1. The van der Waals surface area contributed by atoms with Crippen molar-refractivity contribution in [2.45, 2.75) is 85.7 Å². The van der Waals surface area contributed by atoms with E-state index in [0.29, 0.717) is 17.0 Å². The van der Waals surface area contributed by atoms with E-state index in [1.807, 2.05) is 0 Å². The Morgan fingerprint density at radius 1 is 0.882 bits per heavy atom. The van der Waals surface area contributed by atoms with Crippen molar-refractivity contribution in [2.24, 2.45) is 0 Å². The zero-order valence-corrected chi connectivity index (χ0v) is 22.1. The Hall–Kier alpha value is -2.62. The predicted molar refractivity (Wildman–Crippen MR) is 136 cm³/mol. The fourth-order valence-corrected chi connectivity index (χ4v) is 4.25. The van der Waals surface area contributed by atoms with Gasteiger partial charge in [0.1, 0.15) is 10.6 Å². The van der Waals surface area contributed by atoms with Crippen LogP contribution in [0, 0.1) is 6.92 Å². The number of carbonyl (C=O) groups is 4. The molecular weight excluding hydrogens is 456 g/mol. The highest BCUT2D eigenvalue weighted by Crippen LogP contribution is 2.34. The lowest BCUT2D eigenvalue weighted by molar-refractivity contribution is -0.118. The summed E-state index contributed by atoms with van der Waals surface area (Å²) in [5.74, 6) is -1.19. The lowest BCUT2D eigenvalue weighted by Crippen LogP contribution is -2.33. The number of hydrogen-bond acceptors (Lipinski definition) is 6. The highest BCUT2D eigenvalue weighted by molar-refractivity contribution is 7.18. The summed E-state index contributed by atoms with van der Waals surface area (Å²) in [4.78, 5) is 49.3. The van der Waals surface area contributed by atoms with Gasteiger partial charge in [0.2, 0.25) is 5.91 Å². The molecule has 0 spiro atoms. The van der Waals surface area contributed by atoms with Gasteiger partial charge in [0.25, 0.3) is 5.91 Å². The molecule has 1 aromatic heterocycles. The molecule has 0 bridgehead atoms. The first kappa shape index (κ1) is 29.4. The summed E-state index contributed by atoms with van der Waals surface area (Å²) < 4.78 is 5.51. The standard InChI is InChI=1S/C24H40N4O5S/c1-7-8-9-10-11-12-13-27-23(32)28-21-18(22(31)33-24(4,5)6)16(2)19(34-21)20(30)26-15-14-25-17(3)29/h7-15H2,1-6H3,(H,25,29)(H,26,30)(H2,27,28,32). The molecule has 4 N–H and O–H groups in total. The van der Waals surface area contributed by atoms with Crippen LogP contribution in [-0.2, 0) is 9.53 Å². The SMILES string of the molecule is CCCCCCCCNC(=O)Nc1sc(C(=O)NCCNC(C)=O)c(C)c1C(=O)OC(C)(C)C. The maximum Gasteiger partial charge on any atom is 0.341 e.